The van der Waals surface area contributed by atoms with Gasteiger partial charge >= 0.3 is 4.87 Å². The summed E-state index contributed by atoms with van der Waals surface area (Å²) in [4.78, 5) is 49.2. The number of fused-ring (bicyclic) bond motifs is 9. The molecule has 3 fully saturated rings. The predicted molar refractivity (Wildman–Crippen MR) is 127 cm³/mol. The molecule has 33 heavy (non-hydrogen) atoms. The Balaban J connectivity index is 1.33. The van der Waals surface area contributed by atoms with E-state index in [1.807, 2.05) is 12.3 Å². The minimum absolute atomic E-state index is 0.00679. The molecule has 2 bridgehead atoms. The van der Waals surface area contributed by atoms with Gasteiger partial charge < -0.3 is 4.98 Å². The van der Waals surface area contributed by atoms with E-state index in [1.54, 1.807) is 42.2 Å². The maximum atomic E-state index is 13.6. The van der Waals surface area contributed by atoms with Crippen LogP contribution in [0.2, 0.25) is 5.02 Å². The third kappa shape index (κ3) is 2.68. The molecule has 9 heteroatoms. The van der Waals surface area contributed by atoms with E-state index in [1.165, 1.54) is 16.2 Å². The lowest BCUT2D eigenvalue weighted by Gasteiger charge is -2.42. The van der Waals surface area contributed by atoms with Crippen molar-refractivity contribution in [1.82, 2.24) is 9.97 Å². The van der Waals surface area contributed by atoms with E-state index in [9.17, 15) is 14.4 Å². The van der Waals surface area contributed by atoms with E-state index in [0.717, 1.165) is 21.9 Å². The molecule has 7 atom stereocenters. The fourth-order valence-electron chi connectivity index (χ4n) is 6.79. The van der Waals surface area contributed by atoms with Crippen molar-refractivity contribution in [2.75, 3.05) is 4.90 Å². The minimum Gasteiger partial charge on any atom is -0.307 e. The molecule has 0 unspecified atom stereocenters. The number of aromatic nitrogens is 2. The maximum absolute atomic E-state index is 13.6. The third-order valence-corrected chi connectivity index (χ3v) is 10.7. The van der Waals surface area contributed by atoms with Gasteiger partial charge in [-0.1, -0.05) is 29.0 Å². The van der Waals surface area contributed by atoms with Crippen LogP contribution in [0.25, 0.3) is 0 Å². The van der Waals surface area contributed by atoms with E-state index in [2.05, 4.69) is 16.0 Å². The lowest BCUT2D eigenvalue weighted by Crippen LogP contribution is -2.42. The third-order valence-electron chi connectivity index (χ3n) is 7.85. The first-order chi connectivity index (χ1) is 16.0. The Kier molecular flexibility index (Phi) is 4.27. The molecule has 4 heterocycles. The van der Waals surface area contributed by atoms with E-state index in [-0.39, 0.29) is 57.4 Å². The second-order valence-electron chi connectivity index (χ2n) is 9.24. The van der Waals surface area contributed by atoms with Crippen molar-refractivity contribution in [2.45, 2.75) is 22.6 Å². The number of H-pyrrole nitrogens is 1. The minimum atomic E-state index is -0.309. The highest BCUT2D eigenvalue weighted by Gasteiger charge is 2.69. The maximum Gasteiger partial charge on any atom is 0.305 e. The number of halogens is 1. The van der Waals surface area contributed by atoms with Gasteiger partial charge in [0.25, 0.3) is 0 Å². The standard InChI is InChI=1S/C24H18ClN3O3S2/c25-11-3-5-12(6-4-11)28-22(29)17-13-8-14(18(17)23(28)30)19-16(13)15(10-2-1-7-26-9-10)20-21(32-19)27-24(31)33-20/h1-7,9,13-19H,8H2,(H,27,31)/t13-,14-,15+,16-,17+,18-,19+/m1/s1. The molecule has 6 nitrogen and oxygen atoms in total. The number of rotatable bonds is 2. The average Bonchev–Trinajstić information content (AvgIpc) is 3.54. The summed E-state index contributed by atoms with van der Waals surface area (Å²) in [6.45, 7) is 0. The first kappa shape index (κ1) is 20.0. The van der Waals surface area contributed by atoms with Crippen LogP contribution >= 0.6 is 34.7 Å². The zero-order chi connectivity index (χ0) is 22.4. The first-order valence-corrected chi connectivity index (χ1v) is 13.0. The fourth-order valence-corrected chi connectivity index (χ4v) is 9.81. The van der Waals surface area contributed by atoms with Crippen molar-refractivity contribution in [2.24, 2.45) is 29.6 Å². The van der Waals surface area contributed by atoms with Gasteiger partial charge in [-0.15, -0.1) is 11.8 Å². The monoisotopic (exact) mass is 495 g/mol. The predicted octanol–water partition coefficient (Wildman–Crippen LogP) is 4.16. The number of hydrogen-bond donors (Lipinski definition) is 1. The van der Waals surface area contributed by atoms with Crippen LogP contribution in [0.1, 0.15) is 22.8 Å². The van der Waals surface area contributed by atoms with Crippen molar-refractivity contribution < 1.29 is 9.59 Å². The van der Waals surface area contributed by atoms with Crippen molar-refractivity contribution in [1.29, 1.82) is 0 Å². The summed E-state index contributed by atoms with van der Waals surface area (Å²) in [6.07, 6.45) is 4.50. The van der Waals surface area contributed by atoms with E-state index < -0.39 is 0 Å². The van der Waals surface area contributed by atoms with Crippen molar-refractivity contribution in [3.8, 4) is 0 Å². The van der Waals surface area contributed by atoms with Crippen LogP contribution in [0.15, 0.2) is 58.6 Å². The Morgan fingerprint density at radius 3 is 2.52 bits per heavy atom. The lowest BCUT2D eigenvalue weighted by molar-refractivity contribution is -0.123. The molecule has 2 aromatic heterocycles. The highest BCUT2D eigenvalue weighted by molar-refractivity contribution is 8.00. The van der Waals surface area contributed by atoms with Crippen molar-refractivity contribution >= 4 is 52.2 Å². The zero-order valence-corrected chi connectivity index (χ0v) is 19.6. The number of amides is 2. The molecule has 4 aliphatic rings. The summed E-state index contributed by atoms with van der Waals surface area (Å²) >= 11 is 8.98. The number of nitrogens with zero attached hydrogens (tertiary/aromatic N) is 2. The zero-order valence-electron chi connectivity index (χ0n) is 17.2. The summed E-state index contributed by atoms with van der Waals surface area (Å²) in [7, 11) is 0. The van der Waals surface area contributed by atoms with Crippen LogP contribution in [0.4, 0.5) is 5.69 Å². The Morgan fingerprint density at radius 2 is 1.79 bits per heavy atom. The van der Waals surface area contributed by atoms with E-state index in [0.29, 0.717) is 10.7 Å². The van der Waals surface area contributed by atoms with Gasteiger partial charge in [0, 0.05) is 33.5 Å². The molecule has 0 spiro atoms. The highest BCUT2D eigenvalue weighted by atomic mass is 35.5. The smallest absolute Gasteiger partial charge is 0.305 e. The second kappa shape index (κ2) is 7.04. The van der Waals surface area contributed by atoms with Crippen molar-refractivity contribution in [3.63, 3.8) is 0 Å². The van der Waals surface area contributed by atoms with Gasteiger partial charge in [-0.2, -0.15) is 0 Å². The van der Waals surface area contributed by atoms with Gasteiger partial charge in [0.15, 0.2) is 0 Å². The Labute approximate surface area is 202 Å². The van der Waals surface area contributed by atoms with Crippen LogP contribution in [-0.2, 0) is 9.59 Å². The highest BCUT2D eigenvalue weighted by Crippen LogP contribution is 2.68. The Bertz CT molecular complexity index is 1360. The summed E-state index contributed by atoms with van der Waals surface area (Å²) in [5, 5.41) is 1.66. The summed E-state index contributed by atoms with van der Waals surface area (Å²) in [5.41, 5.74) is 1.66. The molecule has 2 aliphatic heterocycles. The number of thiazole rings is 1. The number of thioether (sulfide) groups is 1. The largest absolute Gasteiger partial charge is 0.307 e. The Morgan fingerprint density at radius 1 is 1.03 bits per heavy atom. The number of hydrogen-bond acceptors (Lipinski definition) is 6. The molecular formula is C24H18ClN3O3S2. The number of benzene rings is 1. The Hall–Kier alpha value is -2.42. The molecular weight excluding hydrogens is 478 g/mol. The van der Waals surface area contributed by atoms with Crippen LogP contribution in [-0.4, -0.2) is 27.0 Å². The summed E-state index contributed by atoms with van der Waals surface area (Å²) in [5.74, 6) is -0.396. The van der Waals surface area contributed by atoms with Crippen LogP contribution < -0.4 is 9.77 Å². The number of anilines is 1. The van der Waals surface area contributed by atoms with E-state index >= 15 is 0 Å². The van der Waals surface area contributed by atoms with Crippen LogP contribution in [0.3, 0.4) is 0 Å². The van der Waals surface area contributed by atoms with Gasteiger partial charge in [0.2, 0.25) is 11.8 Å². The molecule has 3 aromatic rings. The second-order valence-corrected chi connectivity index (χ2v) is 11.9. The number of imide groups is 1. The molecule has 2 saturated carbocycles. The van der Waals surface area contributed by atoms with Crippen LogP contribution in [0.5, 0.6) is 0 Å². The molecule has 1 saturated heterocycles. The average molecular weight is 496 g/mol. The number of nitrogens with one attached hydrogen (secondary N) is 1. The lowest BCUT2D eigenvalue weighted by atomic mass is 9.68. The SMILES string of the molecule is O=C1[C@@H]2[C@H]3C[C@@H]([C@@H]2C(=O)N1c1ccc(Cl)cc1)[C@@H]1[C@H](c2cccnc2)c2sc(=O)[nH]c2S[C@@H]31. The molecule has 2 amide bonds. The quantitative estimate of drug-likeness (QED) is 0.540. The molecule has 166 valence electrons. The molecule has 0 radical (unpaired) electrons. The van der Waals surface area contributed by atoms with Gasteiger partial charge in [-0.05, 0) is 60.1 Å². The number of carbonyl (C=O) groups excluding carboxylic acids is 2. The molecule has 1 N–H and O–H groups in total. The molecule has 7 rings (SSSR count). The van der Waals surface area contributed by atoms with Crippen LogP contribution in [0, 0.1) is 29.6 Å². The summed E-state index contributed by atoms with van der Waals surface area (Å²) in [6, 6.07) is 10.9. The molecule has 2 aliphatic carbocycles. The number of aromatic amines is 1. The first-order valence-electron chi connectivity index (χ1n) is 11.0. The molecule has 1 aromatic carbocycles. The number of pyridine rings is 1. The summed E-state index contributed by atoms with van der Waals surface area (Å²) < 4.78 is 0. The van der Waals surface area contributed by atoms with Gasteiger partial charge in [-0.25, -0.2) is 0 Å². The van der Waals surface area contributed by atoms with Gasteiger partial charge in [0.1, 0.15) is 0 Å². The normalized spacial score (nSPS) is 33.8. The fraction of sp³-hybridized carbons (Fsp3) is 0.333. The van der Waals surface area contributed by atoms with Gasteiger partial charge in [-0.3, -0.25) is 24.3 Å². The van der Waals surface area contributed by atoms with Gasteiger partial charge in [0.05, 0.1) is 22.5 Å². The van der Waals surface area contributed by atoms with Crippen molar-refractivity contribution in [3.05, 3.63) is 73.9 Å². The van der Waals surface area contributed by atoms with E-state index in [4.69, 9.17) is 11.6 Å². The number of carbonyl (C=O) groups is 2. The topological polar surface area (TPSA) is 83.1 Å².